The molecule has 0 saturated heterocycles. The molecule has 0 radical (unpaired) electrons. The first-order chi connectivity index (χ1) is 9.11. The molecule has 0 bridgehead atoms. The summed E-state index contributed by atoms with van der Waals surface area (Å²) in [6, 6.07) is 0.304. The summed E-state index contributed by atoms with van der Waals surface area (Å²) >= 11 is 0. The highest BCUT2D eigenvalue weighted by Crippen LogP contribution is 2.21. The highest BCUT2D eigenvalue weighted by atomic mass is 16.5. The number of aliphatic hydroxyl groups is 1. The lowest BCUT2D eigenvalue weighted by Crippen LogP contribution is -2.22. The number of rotatable bonds is 9. The van der Waals surface area contributed by atoms with Crippen LogP contribution in [0.2, 0.25) is 0 Å². The van der Waals surface area contributed by atoms with Crippen LogP contribution in [0.5, 0.6) is 0 Å². The van der Waals surface area contributed by atoms with Gasteiger partial charge < -0.3 is 15.2 Å². The SMILES string of the molecule is CCn1nc(C)c(C(C)NCCCOCCO)c1C. The Hall–Kier alpha value is -0.910. The van der Waals surface area contributed by atoms with Crippen molar-refractivity contribution >= 4 is 0 Å². The van der Waals surface area contributed by atoms with E-state index in [1.54, 1.807) is 0 Å². The van der Waals surface area contributed by atoms with E-state index in [-0.39, 0.29) is 6.61 Å². The first-order valence-electron chi connectivity index (χ1n) is 7.07. The molecule has 0 aliphatic carbocycles. The van der Waals surface area contributed by atoms with Crippen LogP contribution >= 0.6 is 0 Å². The Bertz CT molecular complexity index is 377. The maximum atomic E-state index is 8.60. The predicted octanol–water partition coefficient (Wildman–Crippen LogP) is 1.57. The van der Waals surface area contributed by atoms with Crippen LogP contribution in [0, 0.1) is 13.8 Å². The van der Waals surface area contributed by atoms with E-state index in [0.717, 1.165) is 25.2 Å². The van der Waals surface area contributed by atoms with Crippen molar-refractivity contribution in [3.63, 3.8) is 0 Å². The standard InChI is InChI=1S/C14H27N3O2/c1-5-17-13(4)14(12(3)16-17)11(2)15-7-6-9-19-10-8-18/h11,15,18H,5-10H2,1-4H3. The molecule has 0 saturated carbocycles. The lowest BCUT2D eigenvalue weighted by atomic mass is 10.1. The molecule has 0 amide bonds. The number of ether oxygens (including phenoxy) is 1. The molecule has 2 N–H and O–H groups in total. The fraction of sp³-hybridized carbons (Fsp3) is 0.786. The zero-order valence-corrected chi connectivity index (χ0v) is 12.6. The molecule has 1 aromatic rings. The molecule has 5 nitrogen and oxygen atoms in total. The molecule has 110 valence electrons. The van der Waals surface area contributed by atoms with Gasteiger partial charge in [-0.15, -0.1) is 0 Å². The smallest absolute Gasteiger partial charge is 0.0697 e. The zero-order chi connectivity index (χ0) is 14.3. The maximum absolute atomic E-state index is 8.60. The lowest BCUT2D eigenvalue weighted by molar-refractivity contribution is 0.0904. The van der Waals surface area contributed by atoms with Crippen LogP contribution in [-0.2, 0) is 11.3 Å². The average Bonchev–Trinajstić information content (AvgIpc) is 2.68. The second-order valence-electron chi connectivity index (χ2n) is 4.77. The number of aliphatic hydroxyl groups excluding tert-OH is 1. The normalized spacial score (nSPS) is 12.9. The fourth-order valence-electron chi connectivity index (χ4n) is 2.41. The van der Waals surface area contributed by atoms with Crippen LogP contribution in [0.1, 0.15) is 43.3 Å². The van der Waals surface area contributed by atoms with Crippen molar-refractivity contribution in [3.05, 3.63) is 17.0 Å². The van der Waals surface area contributed by atoms with Gasteiger partial charge in [-0.1, -0.05) is 0 Å². The number of nitrogens with one attached hydrogen (secondary N) is 1. The molecular formula is C14H27N3O2. The quantitative estimate of drug-likeness (QED) is 0.668. The lowest BCUT2D eigenvalue weighted by Gasteiger charge is -2.15. The highest BCUT2D eigenvalue weighted by Gasteiger charge is 2.16. The predicted molar refractivity (Wildman–Crippen MR) is 76.3 cm³/mol. The first kappa shape index (κ1) is 16.1. The minimum absolute atomic E-state index is 0.0957. The number of hydrogen-bond donors (Lipinski definition) is 2. The van der Waals surface area contributed by atoms with Crippen molar-refractivity contribution in [2.75, 3.05) is 26.4 Å². The van der Waals surface area contributed by atoms with Crippen LogP contribution < -0.4 is 5.32 Å². The van der Waals surface area contributed by atoms with Crippen molar-refractivity contribution in [3.8, 4) is 0 Å². The van der Waals surface area contributed by atoms with Crippen LogP contribution in [0.25, 0.3) is 0 Å². The number of aryl methyl sites for hydroxylation is 2. The van der Waals surface area contributed by atoms with Gasteiger partial charge in [0.1, 0.15) is 0 Å². The molecule has 1 rings (SSSR count). The van der Waals surface area contributed by atoms with E-state index in [1.807, 2.05) is 4.68 Å². The average molecular weight is 269 g/mol. The Morgan fingerprint density at radius 1 is 1.37 bits per heavy atom. The van der Waals surface area contributed by atoms with Crippen LogP contribution in [0.15, 0.2) is 0 Å². The largest absolute Gasteiger partial charge is 0.394 e. The molecule has 19 heavy (non-hydrogen) atoms. The van der Waals surface area contributed by atoms with E-state index in [1.165, 1.54) is 11.3 Å². The Kier molecular flexibility index (Phi) is 7.05. The van der Waals surface area contributed by atoms with Crippen LogP contribution in [-0.4, -0.2) is 41.3 Å². The molecule has 1 unspecified atom stereocenters. The molecule has 1 aromatic heterocycles. The minimum Gasteiger partial charge on any atom is -0.394 e. The van der Waals surface area contributed by atoms with E-state index in [9.17, 15) is 0 Å². The summed E-state index contributed by atoms with van der Waals surface area (Å²) in [7, 11) is 0. The van der Waals surface area contributed by atoms with Gasteiger partial charge in [0.15, 0.2) is 0 Å². The molecule has 0 spiro atoms. The van der Waals surface area contributed by atoms with Gasteiger partial charge in [0.2, 0.25) is 0 Å². The Morgan fingerprint density at radius 3 is 2.68 bits per heavy atom. The summed E-state index contributed by atoms with van der Waals surface area (Å²) in [6.45, 7) is 11.5. The third-order valence-corrected chi connectivity index (χ3v) is 3.32. The van der Waals surface area contributed by atoms with E-state index in [0.29, 0.717) is 19.3 Å². The summed E-state index contributed by atoms with van der Waals surface area (Å²) in [6.07, 6.45) is 0.949. The van der Waals surface area contributed by atoms with Gasteiger partial charge in [-0.05, 0) is 40.7 Å². The van der Waals surface area contributed by atoms with Gasteiger partial charge in [-0.25, -0.2) is 0 Å². The van der Waals surface area contributed by atoms with Gasteiger partial charge in [0.25, 0.3) is 0 Å². The van der Waals surface area contributed by atoms with Gasteiger partial charge in [0.05, 0.1) is 18.9 Å². The molecule has 1 heterocycles. The van der Waals surface area contributed by atoms with Crippen molar-refractivity contribution < 1.29 is 9.84 Å². The molecule has 0 aromatic carbocycles. The highest BCUT2D eigenvalue weighted by molar-refractivity contribution is 5.27. The number of hydrogen-bond acceptors (Lipinski definition) is 4. The molecule has 1 atom stereocenters. The summed E-state index contributed by atoms with van der Waals surface area (Å²) in [5, 5.41) is 16.6. The first-order valence-corrected chi connectivity index (χ1v) is 7.07. The molecule has 0 aliphatic heterocycles. The molecule has 0 fully saturated rings. The van der Waals surface area contributed by atoms with Gasteiger partial charge >= 0.3 is 0 Å². The van der Waals surface area contributed by atoms with Crippen LogP contribution in [0.3, 0.4) is 0 Å². The fourth-order valence-corrected chi connectivity index (χ4v) is 2.41. The second kappa shape index (κ2) is 8.30. The Morgan fingerprint density at radius 2 is 2.11 bits per heavy atom. The van der Waals surface area contributed by atoms with E-state index in [4.69, 9.17) is 9.84 Å². The Labute approximate surface area is 116 Å². The summed E-state index contributed by atoms with van der Waals surface area (Å²) in [5.41, 5.74) is 3.66. The van der Waals surface area contributed by atoms with E-state index >= 15 is 0 Å². The third kappa shape index (κ3) is 4.60. The Balaban J connectivity index is 2.41. The van der Waals surface area contributed by atoms with Crippen molar-refractivity contribution in [1.29, 1.82) is 0 Å². The summed E-state index contributed by atoms with van der Waals surface area (Å²) in [5.74, 6) is 0. The van der Waals surface area contributed by atoms with Crippen LogP contribution in [0.4, 0.5) is 0 Å². The van der Waals surface area contributed by atoms with E-state index in [2.05, 4.69) is 38.1 Å². The third-order valence-electron chi connectivity index (χ3n) is 3.32. The number of aromatic nitrogens is 2. The van der Waals surface area contributed by atoms with Gasteiger partial charge in [0, 0.05) is 30.5 Å². The topological polar surface area (TPSA) is 59.3 Å². The number of nitrogens with zero attached hydrogens (tertiary/aromatic N) is 2. The summed E-state index contributed by atoms with van der Waals surface area (Å²) < 4.78 is 7.28. The van der Waals surface area contributed by atoms with Gasteiger partial charge in [-0.3, -0.25) is 4.68 Å². The monoisotopic (exact) mass is 269 g/mol. The van der Waals surface area contributed by atoms with Crippen molar-refractivity contribution in [2.24, 2.45) is 0 Å². The summed E-state index contributed by atoms with van der Waals surface area (Å²) in [4.78, 5) is 0. The maximum Gasteiger partial charge on any atom is 0.0697 e. The van der Waals surface area contributed by atoms with E-state index < -0.39 is 0 Å². The minimum atomic E-state index is 0.0957. The van der Waals surface area contributed by atoms with Crippen molar-refractivity contribution in [1.82, 2.24) is 15.1 Å². The van der Waals surface area contributed by atoms with Gasteiger partial charge in [-0.2, -0.15) is 5.10 Å². The molecule has 5 heteroatoms. The molecular weight excluding hydrogens is 242 g/mol. The second-order valence-corrected chi connectivity index (χ2v) is 4.77. The zero-order valence-electron chi connectivity index (χ0n) is 12.6. The molecule has 0 aliphatic rings. The van der Waals surface area contributed by atoms with Crippen molar-refractivity contribution in [2.45, 2.75) is 46.7 Å².